The lowest BCUT2D eigenvalue weighted by Gasteiger charge is -2.10. The summed E-state index contributed by atoms with van der Waals surface area (Å²) in [6.45, 7) is 1.78. The van der Waals surface area contributed by atoms with Gasteiger partial charge in [0.25, 0.3) is 0 Å². The van der Waals surface area contributed by atoms with Crippen LogP contribution in [0.4, 0.5) is 0 Å². The predicted molar refractivity (Wildman–Crippen MR) is 65.3 cm³/mol. The Labute approximate surface area is 101 Å². The highest BCUT2D eigenvalue weighted by Gasteiger charge is 2.15. The average molecular weight is 229 g/mol. The molecule has 0 spiro atoms. The van der Waals surface area contributed by atoms with Crippen LogP contribution in [0.25, 0.3) is 0 Å². The summed E-state index contributed by atoms with van der Waals surface area (Å²) in [5.74, 6) is 5.17. The molecule has 0 amide bonds. The quantitative estimate of drug-likeness (QED) is 0.415. The van der Waals surface area contributed by atoms with E-state index in [2.05, 4.69) is 34.0 Å². The van der Waals surface area contributed by atoms with Crippen molar-refractivity contribution < 1.29 is 9.53 Å². The van der Waals surface area contributed by atoms with Gasteiger partial charge in [-0.3, -0.25) is 0 Å². The second-order valence-electron chi connectivity index (χ2n) is 3.98. The monoisotopic (exact) mass is 229 g/mol. The molecule has 1 atom stereocenters. The SMILES string of the molecule is COC(=O)C#CC1CCNCc2ccccc21. The van der Waals surface area contributed by atoms with Gasteiger partial charge in [0, 0.05) is 18.4 Å². The zero-order valence-electron chi connectivity index (χ0n) is 9.82. The molecule has 17 heavy (non-hydrogen) atoms. The van der Waals surface area contributed by atoms with E-state index in [1.54, 1.807) is 0 Å². The maximum Gasteiger partial charge on any atom is 0.384 e. The number of hydrogen-bond acceptors (Lipinski definition) is 3. The van der Waals surface area contributed by atoms with Gasteiger partial charge in [-0.2, -0.15) is 0 Å². The van der Waals surface area contributed by atoms with Crippen molar-refractivity contribution in [2.45, 2.75) is 18.9 Å². The third-order valence-corrected chi connectivity index (χ3v) is 2.89. The van der Waals surface area contributed by atoms with Gasteiger partial charge in [-0.15, -0.1) is 0 Å². The van der Waals surface area contributed by atoms with E-state index in [1.807, 2.05) is 12.1 Å². The summed E-state index contributed by atoms with van der Waals surface area (Å²) in [4.78, 5) is 11.0. The Hall–Kier alpha value is -1.79. The summed E-state index contributed by atoms with van der Waals surface area (Å²) in [5, 5.41) is 3.35. The Morgan fingerprint density at radius 2 is 2.29 bits per heavy atom. The number of ether oxygens (including phenoxy) is 1. The molecule has 1 unspecified atom stereocenters. The second-order valence-corrected chi connectivity index (χ2v) is 3.98. The number of esters is 1. The van der Waals surface area contributed by atoms with E-state index in [0.717, 1.165) is 19.5 Å². The molecule has 0 bridgehead atoms. The molecule has 0 aliphatic carbocycles. The van der Waals surface area contributed by atoms with Crippen molar-refractivity contribution in [1.82, 2.24) is 5.32 Å². The first kappa shape index (κ1) is 11.7. The maximum absolute atomic E-state index is 11.0. The first-order valence-electron chi connectivity index (χ1n) is 5.69. The highest BCUT2D eigenvalue weighted by atomic mass is 16.5. The zero-order chi connectivity index (χ0) is 12.1. The van der Waals surface area contributed by atoms with Crippen molar-refractivity contribution in [3.8, 4) is 11.8 Å². The van der Waals surface area contributed by atoms with Crippen molar-refractivity contribution in [1.29, 1.82) is 0 Å². The molecular formula is C14H15NO2. The van der Waals surface area contributed by atoms with Crippen LogP contribution in [0.2, 0.25) is 0 Å². The Morgan fingerprint density at radius 3 is 3.12 bits per heavy atom. The molecule has 0 fully saturated rings. The molecule has 1 aliphatic heterocycles. The van der Waals surface area contributed by atoms with E-state index in [4.69, 9.17) is 0 Å². The summed E-state index contributed by atoms with van der Waals surface area (Å²) >= 11 is 0. The molecule has 1 aromatic rings. The highest BCUT2D eigenvalue weighted by Crippen LogP contribution is 2.24. The standard InChI is InChI=1S/C14H15NO2/c1-17-14(16)7-6-11-8-9-15-10-12-4-2-3-5-13(11)12/h2-5,11,15H,8-10H2,1H3. The van der Waals surface area contributed by atoms with Crippen LogP contribution in [0.5, 0.6) is 0 Å². The number of methoxy groups -OCH3 is 1. The van der Waals surface area contributed by atoms with Crippen LogP contribution in [0.3, 0.4) is 0 Å². The van der Waals surface area contributed by atoms with Crippen LogP contribution in [0.1, 0.15) is 23.5 Å². The van der Waals surface area contributed by atoms with Gasteiger partial charge in [0.2, 0.25) is 0 Å². The van der Waals surface area contributed by atoms with E-state index in [0.29, 0.717) is 0 Å². The van der Waals surface area contributed by atoms with Gasteiger partial charge in [-0.1, -0.05) is 30.2 Å². The first-order valence-corrected chi connectivity index (χ1v) is 5.69. The van der Waals surface area contributed by atoms with E-state index in [9.17, 15) is 4.79 Å². The Morgan fingerprint density at radius 1 is 1.47 bits per heavy atom. The van der Waals surface area contributed by atoms with Gasteiger partial charge in [-0.25, -0.2) is 4.79 Å². The molecular weight excluding hydrogens is 214 g/mol. The van der Waals surface area contributed by atoms with Crippen LogP contribution >= 0.6 is 0 Å². The first-order chi connectivity index (χ1) is 8.31. The lowest BCUT2D eigenvalue weighted by Crippen LogP contribution is -2.12. The van der Waals surface area contributed by atoms with Crippen molar-refractivity contribution in [2.75, 3.05) is 13.7 Å². The van der Waals surface area contributed by atoms with Gasteiger partial charge >= 0.3 is 5.97 Å². The lowest BCUT2D eigenvalue weighted by molar-refractivity contribution is -0.133. The van der Waals surface area contributed by atoms with Crippen LogP contribution in [0.15, 0.2) is 24.3 Å². The average Bonchev–Trinajstić information content (AvgIpc) is 2.58. The molecule has 3 nitrogen and oxygen atoms in total. The number of benzene rings is 1. The van der Waals surface area contributed by atoms with Crippen molar-refractivity contribution in [3.05, 3.63) is 35.4 Å². The minimum Gasteiger partial charge on any atom is -0.459 e. The van der Waals surface area contributed by atoms with Gasteiger partial charge in [-0.05, 0) is 24.1 Å². The number of rotatable bonds is 0. The number of carbonyl (C=O) groups excluding carboxylic acids is 1. The highest BCUT2D eigenvalue weighted by molar-refractivity contribution is 5.88. The molecule has 2 rings (SSSR count). The fourth-order valence-electron chi connectivity index (χ4n) is 2.01. The van der Waals surface area contributed by atoms with Gasteiger partial charge < -0.3 is 10.1 Å². The summed E-state index contributed by atoms with van der Waals surface area (Å²) in [7, 11) is 1.35. The van der Waals surface area contributed by atoms with E-state index >= 15 is 0 Å². The minimum atomic E-state index is -0.473. The molecule has 0 radical (unpaired) electrons. The molecule has 3 heteroatoms. The van der Waals surface area contributed by atoms with Crippen LogP contribution in [-0.4, -0.2) is 19.6 Å². The number of hydrogen-bond donors (Lipinski definition) is 1. The Bertz CT molecular complexity index is 471. The fourth-order valence-corrected chi connectivity index (χ4v) is 2.01. The molecule has 0 saturated carbocycles. The van der Waals surface area contributed by atoms with Gasteiger partial charge in [0.15, 0.2) is 0 Å². The number of fused-ring (bicyclic) bond motifs is 1. The fraction of sp³-hybridized carbons (Fsp3) is 0.357. The molecule has 0 aromatic heterocycles. The Balaban J connectivity index is 2.28. The zero-order valence-corrected chi connectivity index (χ0v) is 9.82. The second kappa shape index (κ2) is 5.51. The van der Waals surface area contributed by atoms with Crippen molar-refractivity contribution in [3.63, 3.8) is 0 Å². The van der Waals surface area contributed by atoms with E-state index in [1.165, 1.54) is 18.2 Å². The smallest absolute Gasteiger partial charge is 0.384 e. The Kier molecular flexibility index (Phi) is 3.79. The third-order valence-electron chi connectivity index (χ3n) is 2.89. The number of nitrogens with one attached hydrogen (secondary N) is 1. The molecule has 0 saturated heterocycles. The third kappa shape index (κ3) is 2.86. The molecule has 1 heterocycles. The molecule has 1 aromatic carbocycles. The largest absolute Gasteiger partial charge is 0.459 e. The topological polar surface area (TPSA) is 38.3 Å². The summed E-state index contributed by atoms with van der Waals surface area (Å²) in [6.07, 6.45) is 0.918. The normalized spacial score (nSPS) is 18.3. The molecule has 88 valence electrons. The molecule has 1 N–H and O–H groups in total. The van der Waals surface area contributed by atoms with Crippen LogP contribution < -0.4 is 5.32 Å². The summed E-state index contributed by atoms with van der Waals surface area (Å²) in [6, 6.07) is 8.22. The maximum atomic E-state index is 11.0. The predicted octanol–water partition coefficient (Wildman–Crippen LogP) is 1.44. The molecule has 1 aliphatic rings. The summed E-state index contributed by atoms with van der Waals surface area (Å²) in [5.41, 5.74) is 2.48. The lowest BCUT2D eigenvalue weighted by atomic mass is 9.93. The summed E-state index contributed by atoms with van der Waals surface area (Å²) < 4.78 is 4.53. The van der Waals surface area contributed by atoms with E-state index < -0.39 is 5.97 Å². The van der Waals surface area contributed by atoms with Crippen molar-refractivity contribution >= 4 is 5.97 Å². The number of carbonyl (C=O) groups is 1. The van der Waals surface area contributed by atoms with Gasteiger partial charge in [0.1, 0.15) is 0 Å². The minimum absolute atomic E-state index is 0.111. The van der Waals surface area contributed by atoms with Crippen LogP contribution in [0, 0.1) is 11.8 Å². The van der Waals surface area contributed by atoms with Crippen LogP contribution in [-0.2, 0) is 16.1 Å². The van der Waals surface area contributed by atoms with E-state index in [-0.39, 0.29) is 5.92 Å². The van der Waals surface area contributed by atoms with Gasteiger partial charge in [0.05, 0.1) is 7.11 Å². The van der Waals surface area contributed by atoms with Crippen molar-refractivity contribution in [2.24, 2.45) is 0 Å².